The van der Waals surface area contributed by atoms with Gasteiger partial charge in [-0.25, -0.2) is 0 Å². The third kappa shape index (κ3) is 2.80. The second-order valence-corrected chi connectivity index (χ2v) is 5.17. The van der Waals surface area contributed by atoms with Crippen molar-refractivity contribution in [1.82, 2.24) is 20.2 Å². The average molecular weight is 284 g/mol. The van der Waals surface area contributed by atoms with Gasteiger partial charge in [-0.3, -0.25) is 0 Å². The van der Waals surface area contributed by atoms with Crippen molar-refractivity contribution in [2.45, 2.75) is 10.6 Å². The van der Waals surface area contributed by atoms with E-state index < -0.39 is 0 Å². The number of aromatic nitrogens is 4. The Morgan fingerprint density at radius 3 is 2.50 bits per heavy atom. The number of rotatable bonds is 4. The topological polar surface area (TPSA) is 63.8 Å². The lowest BCUT2D eigenvalue weighted by atomic mass is 10.3. The highest BCUT2D eigenvalue weighted by Gasteiger charge is 2.08. The van der Waals surface area contributed by atoms with Crippen molar-refractivity contribution in [2.24, 2.45) is 0 Å². The van der Waals surface area contributed by atoms with Gasteiger partial charge in [-0.15, -0.1) is 16.9 Å². The summed E-state index contributed by atoms with van der Waals surface area (Å²) in [5.74, 6) is 1.71. The molecule has 100 valence electrons. The highest BCUT2D eigenvalue weighted by molar-refractivity contribution is 7.98. The Balaban J connectivity index is 1.76. The average Bonchev–Trinajstić information content (AvgIpc) is 2.96. The van der Waals surface area contributed by atoms with Crippen LogP contribution in [0.5, 0.6) is 5.75 Å². The monoisotopic (exact) mass is 284 g/mol. The zero-order chi connectivity index (χ0) is 13.8. The predicted molar refractivity (Wildman–Crippen MR) is 76.8 cm³/mol. The number of thioether (sulfide) groups is 1. The lowest BCUT2D eigenvalue weighted by Gasteiger charge is -2.04. The van der Waals surface area contributed by atoms with Crippen LogP contribution in [0.3, 0.4) is 0 Å². The van der Waals surface area contributed by atoms with Gasteiger partial charge < -0.3 is 5.11 Å². The molecule has 1 aromatic heterocycles. The number of phenolic OH excluding ortho intramolecular Hbond substituents is 1. The van der Waals surface area contributed by atoms with Crippen molar-refractivity contribution < 1.29 is 5.11 Å². The molecule has 6 heteroatoms. The van der Waals surface area contributed by atoms with Crippen LogP contribution in [0.2, 0.25) is 0 Å². The van der Waals surface area contributed by atoms with Crippen LogP contribution in [-0.4, -0.2) is 25.3 Å². The zero-order valence-corrected chi connectivity index (χ0v) is 11.4. The van der Waals surface area contributed by atoms with Crippen LogP contribution >= 0.6 is 11.8 Å². The summed E-state index contributed by atoms with van der Waals surface area (Å²) < 4.78 is 1.73. The van der Waals surface area contributed by atoms with E-state index in [1.165, 1.54) is 0 Å². The van der Waals surface area contributed by atoms with Gasteiger partial charge in [0.05, 0.1) is 11.4 Å². The van der Waals surface area contributed by atoms with Gasteiger partial charge in [0.1, 0.15) is 5.75 Å². The lowest BCUT2D eigenvalue weighted by molar-refractivity contribution is 0.475. The summed E-state index contributed by atoms with van der Waals surface area (Å²) >= 11 is 1.62. The van der Waals surface area contributed by atoms with Crippen LogP contribution < -0.4 is 0 Å². The lowest BCUT2D eigenvalue weighted by Crippen LogP contribution is -2.01. The molecule has 3 aromatic rings. The van der Waals surface area contributed by atoms with Crippen molar-refractivity contribution in [3.63, 3.8) is 0 Å². The molecule has 0 unspecified atom stereocenters. The fourth-order valence-electron chi connectivity index (χ4n) is 1.76. The molecule has 1 N–H and O–H groups in total. The van der Waals surface area contributed by atoms with Gasteiger partial charge in [0.25, 0.3) is 0 Å². The van der Waals surface area contributed by atoms with Crippen molar-refractivity contribution in [1.29, 1.82) is 0 Å². The molecule has 0 saturated heterocycles. The Kier molecular flexibility index (Phi) is 3.64. The molecule has 20 heavy (non-hydrogen) atoms. The van der Waals surface area contributed by atoms with Gasteiger partial charge in [-0.1, -0.05) is 18.2 Å². The number of aromatic hydroxyl groups is 1. The molecule has 0 amide bonds. The van der Waals surface area contributed by atoms with Crippen LogP contribution in [0.1, 0.15) is 5.82 Å². The highest BCUT2D eigenvalue weighted by atomic mass is 32.2. The standard InChI is InChI=1S/C14H12N4OS/c19-12-6-8-13(9-7-12)20-10-14-15-16-17-18(14)11-4-2-1-3-5-11/h1-9,19H,10H2. The van der Waals surface area contributed by atoms with Crippen LogP contribution in [0.15, 0.2) is 59.5 Å². The Morgan fingerprint density at radius 1 is 1.00 bits per heavy atom. The molecule has 0 spiro atoms. The first-order valence-corrected chi connectivity index (χ1v) is 7.06. The first kappa shape index (κ1) is 12.7. The summed E-state index contributed by atoms with van der Waals surface area (Å²) in [7, 11) is 0. The Hall–Kier alpha value is -2.34. The van der Waals surface area contributed by atoms with E-state index in [9.17, 15) is 5.11 Å². The maximum absolute atomic E-state index is 9.26. The number of hydrogen-bond acceptors (Lipinski definition) is 5. The molecule has 3 rings (SSSR count). The highest BCUT2D eigenvalue weighted by Crippen LogP contribution is 2.24. The van der Waals surface area contributed by atoms with Crippen molar-refractivity contribution in [3.05, 3.63) is 60.4 Å². The minimum absolute atomic E-state index is 0.267. The maximum atomic E-state index is 9.26. The maximum Gasteiger partial charge on any atom is 0.166 e. The largest absolute Gasteiger partial charge is 0.508 e. The van der Waals surface area contributed by atoms with Gasteiger partial charge in [0.2, 0.25) is 0 Å². The molecule has 1 heterocycles. The first-order chi connectivity index (χ1) is 9.83. The van der Waals surface area contributed by atoms with Gasteiger partial charge in [-0.05, 0) is 46.8 Å². The van der Waals surface area contributed by atoms with Gasteiger partial charge in [-0.2, -0.15) is 4.68 Å². The Labute approximate surface area is 120 Å². The molecule has 0 atom stereocenters. The fraction of sp³-hybridized carbons (Fsp3) is 0.0714. The number of hydrogen-bond donors (Lipinski definition) is 1. The number of para-hydroxylation sites is 1. The summed E-state index contributed by atoms with van der Waals surface area (Å²) in [6.45, 7) is 0. The molecule has 0 fully saturated rings. The molecule has 0 bridgehead atoms. The van der Waals surface area contributed by atoms with E-state index in [0.717, 1.165) is 16.4 Å². The van der Waals surface area contributed by atoms with E-state index in [1.807, 2.05) is 42.5 Å². The van der Waals surface area contributed by atoms with Crippen molar-refractivity contribution in [2.75, 3.05) is 0 Å². The van der Waals surface area contributed by atoms with E-state index in [0.29, 0.717) is 5.75 Å². The van der Waals surface area contributed by atoms with Crippen LogP contribution in [0.4, 0.5) is 0 Å². The first-order valence-electron chi connectivity index (χ1n) is 6.07. The normalized spacial score (nSPS) is 10.6. The third-order valence-corrected chi connectivity index (χ3v) is 3.75. The summed E-state index contributed by atoms with van der Waals surface area (Å²) in [6, 6.07) is 16.9. The minimum Gasteiger partial charge on any atom is -0.508 e. The number of nitrogens with zero attached hydrogens (tertiary/aromatic N) is 4. The molecular formula is C14H12N4OS. The SMILES string of the molecule is Oc1ccc(SCc2nnnn2-c2ccccc2)cc1. The third-order valence-electron chi connectivity index (χ3n) is 2.74. The quantitative estimate of drug-likeness (QED) is 0.746. The second kappa shape index (κ2) is 5.75. The number of benzene rings is 2. The van der Waals surface area contributed by atoms with Crippen LogP contribution in [-0.2, 0) is 5.75 Å². The van der Waals surface area contributed by atoms with Crippen LogP contribution in [0, 0.1) is 0 Å². The van der Waals surface area contributed by atoms with Crippen LogP contribution in [0.25, 0.3) is 5.69 Å². The van der Waals surface area contributed by atoms with E-state index in [-0.39, 0.29) is 5.75 Å². The molecule has 2 aromatic carbocycles. The summed E-state index contributed by atoms with van der Waals surface area (Å²) in [5.41, 5.74) is 0.943. The zero-order valence-electron chi connectivity index (χ0n) is 10.5. The van der Waals surface area contributed by atoms with E-state index in [1.54, 1.807) is 28.6 Å². The summed E-state index contributed by atoms with van der Waals surface area (Å²) in [6.07, 6.45) is 0. The van der Waals surface area contributed by atoms with Gasteiger partial charge >= 0.3 is 0 Å². The van der Waals surface area contributed by atoms with E-state index >= 15 is 0 Å². The molecule has 5 nitrogen and oxygen atoms in total. The fourth-order valence-corrected chi connectivity index (χ4v) is 2.56. The number of tetrazole rings is 1. The Bertz CT molecular complexity index is 682. The molecule has 0 aliphatic carbocycles. The van der Waals surface area contributed by atoms with Crippen molar-refractivity contribution in [3.8, 4) is 11.4 Å². The smallest absolute Gasteiger partial charge is 0.166 e. The molecule has 0 radical (unpaired) electrons. The van der Waals surface area contributed by atoms with Gasteiger partial charge in [0.15, 0.2) is 5.82 Å². The summed E-state index contributed by atoms with van der Waals surface area (Å²) in [5, 5.41) is 21.1. The minimum atomic E-state index is 0.267. The summed E-state index contributed by atoms with van der Waals surface area (Å²) in [4.78, 5) is 1.06. The predicted octanol–water partition coefficient (Wildman–Crippen LogP) is 2.66. The Morgan fingerprint density at radius 2 is 1.75 bits per heavy atom. The van der Waals surface area contributed by atoms with Gasteiger partial charge in [0, 0.05) is 4.90 Å². The van der Waals surface area contributed by atoms with E-state index in [4.69, 9.17) is 0 Å². The molecule has 0 aliphatic rings. The molecule has 0 saturated carbocycles. The number of phenols is 1. The molecule has 0 aliphatic heterocycles. The molecular weight excluding hydrogens is 272 g/mol. The van der Waals surface area contributed by atoms with Crippen molar-refractivity contribution >= 4 is 11.8 Å². The van der Waals surface area contributed by atoms with E-state index in [2.05, 4.69) is 15.5 Å². The second-order valence-electron chi connectivity index (χ2n) is 4.13.